The number of carbonyl (C=O) groups excluding carboxylic acids is 1. The number of piperidine rings is 1. The van der Waals surface area contributed by atoms with Crippen molar-refractivity contribution in [1.82, 2.24) is 9.88 Å². The summed E-state index contributed by atoms with van der Waals surface area (Å²) >= 11 is 0. The first-order chi connectivity index (χ1) is 16.0. The average Bonchev–Trinajstić information content (AvgIpc) is 3.00. The van der Waals surface area contributed by atoms with Crippen LogP contribution >= 0.6 is 0 Å². The van der Waals surface area contributed by atoms with Gasteiger partial charge in [-0.15, -0.1) is 0 Å². The molecule has 1 amide bonds. The van der Waals surface area contributed by atoms with Crippen LogP contribution < -0.4 is 0 Å². The fourth-order valence-electron chi connectivity index (χ4n) is 5.00. The number of aromatic nitrogens is 1. The first kappa shape index (κ1) is 21.1. The van der Waals surface area contributed by atoms with E-state index in [1.54, 1.807) is 13.0 Å². The van der Waals surface area contributed by atoms with Gasteiger partial charge in [-0.05, 0) is 67.0 Å². The van der Waals surface area contributed by atoms with Crippen LogP contribution in [0.3, 0.4) is 0 Å². The van der Waals surface area contributed by atoms with Gasteiger partial charge in [0, 0.05) is 42.6 Å². The Hall–Kier alpha value is -3.80. The van der Waals surface area contributed by atoms with Gasteiger partial charge in [0.25, 0.3) is 11.6 Å². The largest absolute Gasteiger partial charge is 0.338 e. The van der Waals surface area contributed by atoms with Gasteiger partial charge in [-0.2, -0.15) is 0 Å². The molecule has 1 aliphatic heterocycles. The molecule has 5 rings (SSSR count). The summed E-state index contributed by atoms with van der Waals surface area (Å²) < 4.78 is 0. The number of fused-ring (bicyclic) bond motifs is 2. The lowest BCUT2D eigenvalue weighted by Gasteiger charge is -2.31. The summed E-state index contributed by atoms with van der Waals surface area (Å²) in [5, 5.41) is 11.0. The van der Waals surface area contributed by atoms with Gasteiger partial charge in [-0.3, -0.25) is 19.9 Å². The highest BCUT2D eigenvalue weighted by Crippen LogP contribution is 2.37. The first-order valence-corrected chi connectivity index (χ1v) is 11.3. The Labute approximate surface area is 192 Å². The van der Waals surface area contributed by atoms with E-state index >= 15 is 0 Å². The number of nitro groups is 1. The van der Waals surface area contributed by atoms with Crippen molar-refractivity contribution in [2.45, 2.75) is 32.6 Å². The SMILES string of the molecule is Cc1cc([N+](=O)[O-])ccc1C(=O)N1CCC(=C2c3ccccc3CCc3cccnc32)CC1. The monoisotopic (exact) mass is 439 g/mol. The Morgan fingerprint density at radius 3 is 2.45 bits per heavy atom. The molecule has 2 heterocycles. The lowest BCUT2D eigenvalue weighted by Crippen LogP contribution is -2.37. The molecule has 0 radical (unpaired) electrons. The molecule has 0 N–H and O–H groups in total. The molecule has 1 saturated heterocycles. The third-order valence-electron chi connectivity index (χ3n) is 6.74. The maximum absolute atomic E-state index is 13.2. The normalized spacial score (nSPS) is 15.5. The van der Waals surface area contributed by atoms with Gasteiger partial charge in [-0.25, -0.2) is 0 Å². The second-order valence-corrected chi connectivity index (χ2v) is 8.70. The van der Waals surface area contributed by atoms with Crippen molar-refractivity contribution in [3.63, 3.8) is 0 Å². The van der Waals surface area contributed by atoms with Crippen LogP contribution in [0.5, 0.6) is 0 Å². The Kier molecular flexibility index (Phi) is 5.50. The van der Waals surface area contributed by atoms with E-state index in [2.05, 4.69) is 30.3 Å². The molecule has 2 aliphatic rings. The summed E-state index contributed by atoms with van der Waals surface area (Å²) in [7, 11) is 0. The summed E-state index contributed by atoms with van der Waals surface area (Å²) in [6.07, 6.45) is 5.41. The molecule has 0 atom stereocenters. The second-order valence-electron chi connectivity index (χ2n) is 8.70. The van der Waals surface area contributed by atoms with Crippen LogP contribution in [0.15, 0.2) is 66.4 Å². The molecule has 0 bridgehead atoms. The minimum atomic E-state index is -0.433. The minimum absolute atomic E-state index is 0.00732. The zero-order valence-electron chi connectivity index (χ0n) is 18.6. The predicted octanol–water partition coefficient (Wildman–Crippen LogP) is 5.13. The number of benzene rings is 2. The number of non-ortho nitro benzene ring substituents is 1. The fraction of sp³-hybridized carbons (Fsp3) is 0.259. The number of rotatable bonds is 2. The third kappa shape index (κ3) is 3.93. The molecule has 2 aromatic carbocycles. The summed E-state index contributed by atoms with van der Waals surface area (Å²) in [5.74, 6) is -0.0637. The summed E-state index contributed by atoms with van der Waals surface area (Å²) in [5.41, 5.74) is 8.70. The highest BCUT2D eigenvalue weighted by molar-refractivity contribution is 5.96. The molecule has 0 saturated carbocycles. The zero-order valence-corrected chi connectivity index (χ0v) is 18.6. The highest BCUT2D eigenvalue weighted by Gasteiger charge is 2.27. The topological polar surface area (TPSA) is 76.3 Å². The predicted molar refractivity (Wildman–Crippen MR) is 127 cm³/mol. The Balaban J connectivity index is 1.45. The van der Waals surface area contributed by atoms with Crippen LogP contribution in [0.25, 0.3) is 5.57 Å². The maximum atomic E-state index is 13.2. The van der Waals surface area contributed by atoms with Gasteiger partial charge in [0.2, 0.25) is 0 Å². The van der Waals surface area contributed by atoms with Gasteiger partial charge < -0.3 is 4.90 Å². The van der Waals surface area contributed by atoms with Crippen LogP contribution in [0.1, 0.15) is 51.1 Å². The van der Waals surface area contributed by atoms with Crippen molar-refractivity contribution >= 4 is 17.2 Å². The van der Waals surface area contributed by atoms with Crippen molar-refractivity contribution in [1.29, 1.82) is 0 Å². The molecule has 0 unspecified atom stereocenters. The van der Waals surface area contributed by atoms with Crippen LogP contribution in [0.2, 0.25) is 0 Å². The smallest absolute Gasteiger partial charge is 0.269 e. The Bertz CT molecular complexity index is 1240. The van der Waals surface area contributed by atoms with E-state index in [1.165, 1.54) is 40.0 Å². The quantitative estimate of drug-likeness (QED) is 0.409. The van der Waals surface area contributed by atoms with E-state index in [1.807, 2.05) is 17.2 Å². The third-order valence-corrected chi connectivity index (χ3v) is 6.74. The molecule has 166 valence electrons. The van der Waals surface area contributed by atoms with E-state index in [0.717, 1.165) is 31.4 Å². The van der Waals surface area contributed by atoms with Crippen molar-refractivity contribution in [3.8, 4) is 0 Å². The molecule has 6 nitrogen and oxygen atoms in total. The molecule has 3 aromatic rings. The molecule has 0 spiro atoms. The molecule has 1 aliphatic carbocycles. The van der Waals surface area contributed by atoms with E-state index in [4.69, 9.17) is 4.98 Å². The lowest BCUT2D eigenvalue weighted by molar-refractivity contribution is -0.384. The van der Waals surface area contributed by atoms with Crippen LogP contribution in [0, 0.1) is 17.0 Å². The van der Waals surface area contributed by atoms with Crippen molar-refractivity contribution in [2.24, 2.45) is 0 Å². The molecule has 1 fully saturated rings. The van der Waals surface area contributed by atoms with Gasteiger partial charge >= 0.3 is 0 Å². The molecular formula is C27H25N3O3. The van der Waals surface area contributed by atoms with Crippen molar-refractivity contribution < 1.29 is 9.72 Å². The number of hydrogen-bond donors (Lipinski definition) is 0. The van der Waals surface area contributed by atoms with Gasteiger partial charge in [-0.1, -0.05) is 35.9 Å². The van der Waals surface area contributed by atoms with Gasteiger partial charge in [0.15, 0.2) is 0 Å². The number of aryl methyl sites for hydroxylation is 3. The van der Waals surface area contributed by atoms with Crippen LogP contribution in [0.4, 0.5) is 5.69 Å². The van der Waals surface area contributed by atoms with Gasteiger partial charge in [0.05, 0.1) is 10.6 Å². The summed E-state index contributed by atoms with van der Waals surface area (Å²) in [6, 6.07) is 17.2. The van der Waals surface area contributed by atoms with Crippen molar-refractivity contribution in [3.05, 3.63) is 110 Å². The number of nitrogens with zero attached hydrogens (tertiary/aromatic N) is 3. The van der Waals surface area contributed by atoms with E-state index in [0.29, 0.717) is 24.2 Å². The average molecular weight is 440 g/mol. The standard InChI is InChI=1S/C27H25N3O3/c1-18-17-22(30(32)33)10-11-23(18)27(31)29-15-12-20(13-16-29)25-24-7-3-2-5-19(24)8-9-21-6-4-14-28-26(21)25/h2-7,10-11,14,17H,8-9,12-13,15-16H2,1H3. The van der Waals surface area contributed by atoms with Crippen LogP contribution in [-0.4, -0.2) is 33.8 Å². The number of likely N-dealkylation sites (tertiary alicyclic amines) is 1. The minimum Gasteiger partial charge on any atom is -0.338 e. The number of carbonyl (C=O) groups is 1. The molecule has 6 heteroatoms. The van der Waals surface area contributed by atoms with E-state index in [-0.39, 0.29) is 11.6 Å². The maximum Gasteiger partial charge on any atom is 0.269 e. The van der Waals surface area contributed by atoms with Crippen LogP contribution in [-0.2, 0) is 12.8 Å². The highest BCUT2D eigenvalue weighted by atomic mass is 16.6. The van der Waals surface area contributed by atoms with Crippen molar-refractivity contribution in [2.75, 3.05) is 13.1 Å². The molecule has 33 heavy (non-hydrogen) atoms. The number of nitro benzene ring substituents is 1. The second kappa shape index (κ2) is 8.62. The van der Waals surface area contributed by atoms with E-state index in [9.17, 15) is 14.9 Å². The lowest BCUT2D eigenvalue weighted by atomic mass is 9.88. The number of amides is 1. The number of hydrogen-bond acceptors (Lipinski definition) is 4. The summed E-state index contributed by atoms with van der Waals surface area (Å²) in [6.45, 7) is 3.00. The zero-order chi connectivity index (χ0) is 22.9. The molecule has 1 aromatic heterocycles. The Morgan fingerprint density at radius 2 is 1.70 bits per heavy atom. The van der Waals surface area contributed by atoms with E-state index < -0.39 is 4.92 Å². The first-order valence-electron chi connectivity index (χ1n) is 11.3. The number of pyridine rings is 1. The van der Waals surface area contributed by atoms with Gasteiger partial charge in [0.1, 0.15) is 0 Å². The molecular weight excluding hydrogens is 414 g/mol. The summed E-state index contributed by atoms with van der Waals surface area (Å²) in [4.78, 5) is 30.4. The Morgan fingerprint density at radius 1 is 0.970 bits per heavy atom. The fourth-order valence-corrected chi connectivity index (χ4v) is 5.00.